The second-order valence-corrected chi connectivity index (χ2v) is 10.5. The molecule has 2 aromatic rings. The quantitative estimate of drug-likeness (QED) is 0.438. The van der Waals surface area contributed by atoms with Gasteiger partial charge in [0.2, 0.25) is 5.91 Å². The van der Waals surface area contributed by atoms with Crippen molar-refractivity contribution in [2.24, 2.45) is 0 Å². The van der Waals surface area contributed by atoms with E-state index in [1.807, 2.05) is 38.1 Å². The number of amides is 4. The van der Waals surface area contributed by atoms with Crippen LogP contribution in [-0.2, 0) is 32.7 Å². The third-order valence-corrected chi connectivity index (χ3v) is 7.73. The number of benzene rings is 1. The van der Waals surface area contributed by atoms with E-state index >= 15 is 0 Å². The molecule has 1 unspecified atom stereocenters. The second-order valence-electron chi connectivity index (χ2n) is 9.36. The summed E-state index contributed by atoms with van der Waals surface area (Å²) in [6.07, 6.45) is 3.66. The molecule has 0 spiro atoms. The topological polar surface area (TPSA) is 105 Å². The van der Waals surface area contributed by atoms with Gasteiger partial charge < -0.3 is 15.4 Å². The number of thiophene rings is 1. The predicted molar refractivity (Wildman–Crippen MR) is 134 cm³/mol. The van der Waals surface area contributed by atoms with Gasteiger partial charge in [0, 0.05) is 4.88 Å². The smallest absolute Gasteiger partial charge is 0.341 e. The number of aryl methyl sites for hydroxylation is 2. The third-order valence-electron chi connectivity index (χ3n) is 6.52. The molecule has 4 amide bonds. The molecule has 1 aromatic heterocycles. The molecule has 0 saturated carbocycles. The fourth-order valence-corrected chi connectivity index (χ4v) is 5.99. The Bertz CT molecular complexity index is 1170. The number of hydrogen-bond donors (Lipinski definition) is 2. The lowest BCUT2D eigenvalue weighted by Crippen LogP contribution is -2.44. The van der Waals surface area contributed by atoms with Crippen LogP contribution in [0.4, 0.5) is 9.80 Å². The molecule has 35 heavy (non-hydrogen) atoms. The highest BCUT2D eigenvalue weighted by atomic mass is 32.1. The van der Waals surface area contributed by atoms with Gasteiger partial charge in [-0.15, -0.1) is 11.3 Å². The number of fused-ring (bicyclic) bond motifs is 1. The van der Waals surface area contributed by atoms with Crippen molar-refractivity contribution in [3.63, 3.8) is 0 Å². The molecule has 9 heteroatoms. The van der Waals surface area contributed by atoms with E-state index in [1.165, 1.54) is 11.3 Å². The largest absolute Gasteiger partial charge is 0.459 e. The van der Waals surface area contributed by atoms with Crippen LogP contribution in [0.2, 0.25) is 0 Å². The molecule has 8 nitrogen and oxygen atoms in total. The lowest BCUT2D eigenvalue weighted by Gasteiger charge is -2.25. The van der Waals surface area contributed by atoms with Crippen LogP contribution < -0.4 is 10.6 Å². The zero-order valence-electron chi connectivity index (χ0n) is 20.5. The van der Waals surface area contributed by atoms with E-state index in [4.69, 9.17) is 4.74 Å². The molecule has 1 fully saturated rings. The van der Waals surface area contributed by atoms with Crippen LogP contribution in [0.5, 0.6) is 0 Å². The summed E-state index contributed by atoms with van der Waals surface area (Å²) in [6.45, 7) is 6.88. The van der Waals surface area contributed by atoms with Gasteiger partial charge in [-0.1, -0.05) is 36.8 Å². The number of esters is 1. The van der Waals surface area contributed by atoms with Crippen molar-refractivity contribution in [2.45, 2.75) is 71.4 Å². The third kappa shape index (κ3) is 4.69. The molecule has 1 aromatic carbocycles. The molecule has 2 heterocycles. The van der Waals surface area contributed by atoms with Crippen molar-refractivity contribution in [1.29, 1.82) is 0 Å². The van der Waals surface area contributed by atoms with Gasteiger partial charge in [-0.25, -0.2) is 9.59 Å². The minimum Gasteiger partial charge on any atom is -0.459 e. The van der Waals surface area contributed by atoms with Gasteiger partial charge in [0.1, 0.15) is 17.1 Å². The number of carbonyl (C=O) groups is 4. The van der Waals surface area contributed by atoms with Gasteiger partial charge in [-0.05, 0) is 64.0 Å². The van der Waals surface area contributed by atoms with Crippen LogP contribution in [0.15, 0.2) is 24.3 Å². The van der Waals surface area contributed by atoms with Crippen LogP contribution in [0.1, 0.15) is 72.0 Å². The molecular formula is C26H31N3O5S. The van der Waals surface area contributed by atoms with E-state index in [9.17, 15) is 19.2 Å². The minimum atomic E-state index is -1.21. The van der Waals surface area contributed by atoms with Crippen molar-refractivity contribution in [3.8, 4) is 0 Å². The minimum absolute atomic E-state index is 0.292. The van der Waals surface area contributed by atoms with Gasteiger partial charge in [0.15, 0.2) is 0 Å². The van der Waals surface area contributed by atoms with Gasteiger partial charge in [-0.3, -0.25) is 14.5 Å². The normalized spacial score (nSPS) is 19.5. The van der Waals surface area contributed by atoms with Crippen LogP contribution in [-0.4, -0.2) is 41.4 Å². The molecule has 0 radical (unpaired) electrons. The highest BCUT2D eigenvalue weighted by molar-refractivity contribution is 7.17. The van der Waals surface area contributed by atoms with Crippen LogP contribution >= 0.6 is 11.3 Å². The maximum atomic E-state index is 13.4. The van der Waals surface area contributed by atoms with Crippen molar-refractivity contribution < 1.29 is 23.9 Å². The molecule has 1 aliphatic carbocycles. The predicted octanol–water partition coefficient (Wildman–Crippen LogP) is 4.30. The Morgan fingerprint density at radius 1 is 1.17 bits per heavy atom. The fourth-order valence-electron chi connectivity index (χ4n) is 4.70. The average molecular weight is 498 g/mol. The molecule has 4 rings (SSSR count). The van der Waals surface area contributed by atoms with Crippen molar-refractivity contribution in [3.05, 3.63) is 51.4 Å². The highest BCUT2D eigenvalue weighted by Gasteiger charge is 2.51. The molecular weight excluding hydrogens is 466 g/mol. The molecule has 0 bridgehead atoms. The van der Waals surface area contributed by atoms with Gasteiger partial charge in [0.25, 0.3) is 5.91 Å². The Kier molecular flexibility index (Phi) is 6.98. The van der Waals surface area contributed by atoms with E-state index in [-0.39, 0.29) is 6.10 Å². The Morgan fingerprint density at radius 3 is 2.51 bits per heavy atom. The zero-order valence-corrected chi connectivity index (χ0v) is 21.3. The van der Waals surface area contributed by atoms with E-state index in [2.05, 4.69) is 10.6 Å². The summed E-state index contributed by atoms with van der Waals surface area (Å²) in [7, 11) is 0. The molecule has 2 aliphatic rings. The Hall–Kier alpha value is -3.20. The first kappa shape index (κ1) is 24.9. The number of ether oxygens (including phenoxy) is 1. The second kappa shape index (κ2) is 9.81. The first-order chi connectivity index (χ1) is 16.7. The van der Waals surface area contributed by atoms with E-state index in [0.29, 0.717) is 22.5 Å². The van der Waals surface area contributed by atoms with Crippen molar-refractivity contribution >= 4 is 40.2 Å². The number of urea groups is 1. The molecule has 2 N–H and O–H groups in total. The summed E-state index contributed by atoms with van der Waals surface area (Å²) in [6, 6.07) is 6.81. The average Bonchev–Trinajstić information content (AvgIpc) is 3.29. The summed E-state index contributed by atoms with van der Waals surface area (Å²) in [4.78, 5) is 54.1. The number of hydrogen-bond acceptors (Lipinski definition) is 6. The lowest BCUT2D eigenvalue weighted by atomic mass is 9.87. The number of nitrogens with zero attached hydrogens (tertiary/aromatic N) is 1. The number of imide groups is 1. The number of rotatable bonds is 7. The monoisotopic (exact) mass is 497 g/mol. The molecule has 1 aliphatic heterocycles. The Balaban J connectivity index is 1.55. The highest BCUT2D eigenvalue weighted by Crippen LogP contribution is 2.39. The SMILES string of the molecule is CCC1(c2ccc(C)cc2)NC(=O)N(CC(=O)Nc2sc3c(c2C(=O)OC(C)C)CCCC3)C1=O. The molecule has 1 atom stereocenters. The number of nitrogens with one attached hydrogen (secondary N) is 2. The zero-order chi connectivity index (χ0) is 25.3. The van der Waals surface area contributed by atoms with Crippen LogP contribution in [0.25, 0.3) is 0 Å². The van der Waals surface area contributed by atoms with Gasteiger partial charge >= 0.3 is 12.0 Å². The first-order valence-corrected chi connectivity index (χ1v) is 12.8. The van der Waals surface area contributed by atoms with E-state index in [0.717, 1.165) is 46.6 Å². The van der Waals surface area contributed by atoms with Crippen LogP contribution in [0.3, 0.4) is 0 Å². The fraction of sp³-hybridized carbons (Fsp3) is 0.462. The van der Waals surface area contributed by atoms with E-state index < -0.39 is 35.9 Å². The maximum Gasteiger partial charge on any atom is 0.341 e. The molecule has 1 saturated heterocycles. The van der Waals surface area contributed by atoms with Crippen LogP contribution in [0, 0.1) is 6.92 Å². The summed E-state index contributed by atoms with van der Waals surface area (Å²) < 4.78 is 5.44. The van der Waals surface area contributed by atoms with Gasteiger partial charge in [0.05, 0.1) is 11.7 Å². The summed E-state index contributed by atoms with van der Waals surface area (Å²) in [5, 5.41) is 6.00. The van der Waals surface area contributed by atoms with Gasteiger partial charge in [-0.2, -0.15) is 0 Å². The summed E-state index contributed by atoms with van der Waals surface area (Å²) in [5.41, 5.74) is 1.84. The number of carbonyl (C=O) groups excluding carboxylic acids is 4. The van der Waals surface area contributed by atoms with Crippen molar-refractivity contribution in [2.75, 3.05) is 11.9 Å². The summed E-state index contributed by atoms with van der Waals surface area (Å²) in [5.74, 6) is -1.47. The van der Waals surface area contributed by atoms with E-state index in [1.54, 1.807) is 13.8 Å². The Morgan fingerprint density at radius 2 is 1.86 bits per heavy atom. The standard InChI is InChI=1S/C26H31N3O5S/c1-5-26(17-12-10-16(4)11-13-17)24(32)29(25(33)28-26)14-20(30)27-22-21(23(31)34-15(2)3)18-8-6-7-9-19(18)35-22/h10-13,15H,5-9,14H2,1-4H3,(H,27,30)(H,28,33). The molecule has 186 valence electrons. The van der Waals surface area contributed by atoms with Crippen molar-refractivity contribution in [1.82, 2.24) is 10.2 Å². The Labute approximate surface area is 209 Å². The first-order valence-electron chi connectivity index (χ1n) is 12.0. The maximum absolute atomic E-state index is 13.4. The lowest BCUT2D eigenvalue weighted by molar-refractivity contribution is -0.134. The number of anilines is 1. The summed E-state index contributed by atoms with van der Waals surface area (Å²) >= 11 is 1.37.